The molecule has 0 aromatic rings. The summed E-state index contributed by atoms with van der Waals surface area (Å²) in [6.45, 7) is 4.26. The lowest BCUT2D eigenvalue weighted by Crippen LogP contribution is -2.49. The molecule has 132 valence electrons. The molecule has 2 saturated heterocycles. The van der Waals surface area contributed by atoms with Crippen molar-refractivity contribution in [3.63, 3.8) is 0 Å². The van der Waals surface area contributed by atoms with Crippen LogP contribution in [-0.2, 0) is 19.4 Å². The predicted octanol–water partition coefficient (Wildman–Crippen LogP) is 0.272. The molecule has 0 radical (unpaired) electrons. The number of aliphatic imine (C=N–C) groups is 1. The Balaban J connectivity index is 1.86. The molecule has 2 heterocycles. The minimum Gasteiger partial charge on any atom is -0.466 e. The number of nitrogens with one attached hydrogen (secondary N) is 1. The number of sulfone groups is 1. The summed E-state index contributed by atoms with van der Waals surface area (Å²) in [7, 11) is -1.15. The molecule has 2 unspecified atom stereocenters. The number of hydrogen-bond donors (Lipinski definition) is 1. The molecule has 1 N–H and O–H groups in total. The maximum absolute atomic E-state index is 11.9. The summed E-state index contributed by atoms with van der Waals surface area (Å²) in [6.07, 6.45) is 2.47. The van der Waals surface area contributed by atoms with Crippen LogP contribution in [0.2, 0.25) is 0 Å². The summed E-state index contributed by atoms with van der Waals surface area (Å²) >= 11 is 0. The van der Waals surface area contributed by atoms with Gasteiger partial charge in [-0.05, 0) is 32.1 Å². The monoisotopic (exact) mass is 345 g/mol. The number of rotatable bonds is 4. The molecule has 2 rings (SSSR count). The van der Waals surface area contributed by atoms with E-state index >= 15 is 0 Å². The fraction of sp³-hybridized carbons (Fsp3) is 0.867. The van der Waals surface area contributed by atoms with Crippen molar-refractivity contribution in [1.82, 2.24) is 10.2 Å². The van der Waals surface area contributed by atoms with E-state index in [0.29, 0.717) is 26.1 Å². The van der Waals surface area contributed by atoms with Crippen LogP contribution in [0.25, 0.3) is 0 Å². The van der Waals surface area contributed by atoms with Crippen LogP contribution in [0.3, 0.4) is 0 Å². The third kappa shape index (κ3) is 5.09. The number of piperidine rings is 1. The van der Waals surface area contributed by atoms with Crippen LogP contribution in [0.5, 0.6) is 0 Å². The van der Waals surface area contributed by atoms with Crippen molar-refractivity contribution < 1.29 is 17.9 Å². The topological polar surface area (TPSA) is 88.1 Å². The first-order valence-corrected chi connectivity index (χ1v) is 10.1. The molecule has 8 heteroatoms. The summed E-state index contributed by atoms with van der Waals surface area (Å²) < 4.78 is 28.1. The van der Waals surface area contributed by atoms with Gasteiger partial charge in [0.1, 0.15) is 0 Å². The molecule has 2 fully saturated rings. The van der Waals surface area contributed by atoms with E-state index in [2.05, 4.69) is 15.2 Å². The van der Waals surface area contributed by atoms with Gasteiger partial charge >= 0.3 is 5.97 Å². The Hall–Kier alpha value is -1.31. The average Bonchev–Trinajstić information content (AvgIpc) is 2.88. The zero-order valence-corrected chi connectivity index (χ0v) is 14.8. The summed E-state index contributed by atoms with van der Waals surface area (Å²) in [6, 6.07) is 0. The van der Waals surface area contributed by atoms with Gasteiger partial charge in [-0.2, -0.15) is 0 Å². The first-order chi connectivity index (χ1) is 10.9. The van der Waals surface area contributed by atoms with Crippen LogP contribution < -0.4 is 5.32 Å². The van der Waals surface area contributed by atoms with Gasteiger partial charge in [-0.3, -0.25) is 9.79 Å². The molecule has 0 bridgehead atoms. The molecular weight excluding hydrogens is 318 g/mol. The molecule has 0 aromatic carbocycles. The Morgan fingerprint density at radius 2 is 2.17 bits per heavy atom. The van der Waals surface area contributed by atoms with Crippen LogP contribution in [0.15, 0.2) is 4.99 Å². The largest absolute Gasteiger partial charge is 0.466 e. The lowest BCUT2D eigenvalue weighted by molar-refractivity contribution is -0.149. The average molecular weight is 345 g/mol. The van der Waals surface area contributed by atoms with Crippen molar-refractivity contribution in [1.29, 1.82) is 0 Å². The number of hydrogen-bond acceptors (Lipinski definition) is 5. The highest BCUT2D eigenvalue weighted by Crippen LogP contribution is 2.19. The second kappa shape index (κ2) is 7.99. The van der Waals surface area contributed by atoms with Crippen LogP contribution in [0.4, 0.5) is 0 Å². The van der Waals surface area contributed by atoms with Crippen LogP contribution in [0.1, 0.15) is 26.2 Å². The molecular formula is C15H27N3O4S. The van der Waals surface area contributed by atoms with Gasteiger partial charge in [-0.1, -0.05) is 0 Å². The van der Waals surface area contributed by atoms with Crippen LogP contribution in [-0.4, -0.2) is 70.0 Å². The van der Waals surface area contributed by atoms with Crippen molar-refractivity contribution in [3.05, 3.63) is 0 Å². The van der Waals surface area contributed by atoms with Crippen LogP contribution in [0, 0.1) is 11.8 Å². The van der Waals surface area contributed by atoms with Gasteiger partial charge < -0.3 is 15.0 Å². The number of esters is 1. The maximum Gasteiger partial charge on any atom is 0.310 e. The Morgan fingerprint density at radius 3 is 2.78 bits per heavy atom. The Morgan fingerprint density at radius 1 is 1.39 bits per heavy atom. The van der Waals surface area contributed by atoms with Gasteiger partial charge in [0.15, 0.2) is 15.8 Å². The first kappa shape index (κ1) is 18.0. The van der Waals surface area contributed by atoms with Gasteiger partial charge in [-0.15, -0.1) is 0 Å². The molecule has 2 atom stereocenters. The molecule has 0 spiro atoms. The van der Waals surface area contributed by atoms with E-state index in [4.69, 9.17) is 4.74 Å². The molecule has 23 heavy (non-hydrogen) atoms. The van der Waals surface area contributed by atoms with Crippen molar-refractivity contribution >= 4 is 21.8 Å². The highest BCUT2D eigenvalue weighted by Gasteiger charge is 2.30. The van der Waals surface area contributed by atoms with Gasteiger partial charge in [0.25, 0.3) is 0 Å². The van der Waals surface area contributed by atoms with Crippen LogP contribution >= 0.6 is 0 Å². The third-order valence-corrected chi connectivity index (χ3v) is 6.27. The minimum atomic E-state index is -2.86. The molecule has 0 aromatic heterocycles. The normalized spacial score (nSPS) is 27.7. The SMILES string of the molecule is CCOC(=O)C1CCCN(C(=NC)NCC2CCS(=O)(=O)C2)C1. The van der Waals surface area contributed by atoms with Gasteiger partial charge in [0.2, 0.25) is 0 Å². The summed E-state index contributed by atoms with van der Waals surface area (Å²) in [4.78, 5) is 18.3. The second-order valence-electron chi connectivity index (χ2n) is 6.23. The maximum atomic E-state index is 11.9. The number of likely N-dealkylation sites (tertiary alicyclic amines) is 1. The molecule has 0 saturated carbocycles. The zero-order chi connectivity index (χ0) is 16.9. The van der Waals surface area contributed by atoms with E-state index in [1.54, 1.807) is 7.05 Å². The number of guanidine groups is 1. The Labute approximate surface area is 138 Å². The fourth-order valence-electron chi connectivity index (χ4n) is 3.22. The molecule has 0 aliphatic carbocycles. The van der Waals surface area contributed by atoms with Crippen molar-refractivity contribution in [2.75, 3.05) is 44.8 Å². The lowest BCUT2D eigenvalue weighted by atomic mass is 9.98. The lowest BCUT2D eigenvalue weighted by Gasteiger charge is -2.34. The smallest absolute Gasteiger partial charge is 0.310 e. The molecule has 0 amide bonds. The number of carbonyl (C=O) groups excluding carboxylic acids is 1. The van der Waals surface area contributed by atoms with E-state index in [1.807, 2.05) is 6.92 Å². The number of ether oxygens (including phenoxy) is 1. The van der Waals surface area contributed by atoms with Gasteiger partial charge in [0, 0.05) is 26.7 Å². The van der Waals surface area contributed by atoms with Crippen molar-refractivity contribution in [2.45, 2.75) is 26.2 Å². The van der Waals surface area contributed by atoms with Gasteiger partial charge in [-0.25, -0.2) is 8.42 Å². The fourth-order valence-corrected chi connectivity index (χ4v) is 5.08. The number of carbonyl (C=O) groups is 1. The molecule has 2 aliphatic heterocycles. The van der Waals surface area contributed by atoms with E-state index in [9.17, 15) is 13.2 Å². The standard InChI is InChI=1S/C15H27N3O4S/c1-3-22-14(19)13-5-4-7-18(10-13)15(16-2)17-9-12-6-8-23(20,21)11-12/h12-13H,3-11H2,1-2H3,(H,16,17). The highest BCUT2D eigenvalue weighted by atomic mass is 32.2. The minimum absolute atomic E-state index is 0.117. The third-order valence-electron chi connectivity index (χ3n) is 4.43. The van der Waals surface area contributed by atoms with Crippen molar-refractivity contribution in [3.8, 4) is 0 Å². The first-order valence-electron chi connectivity index (χ1n) is 8.28. The Bertz CT molecular complexity index is 547. The quantitative estimate of drug-likeness (QED) is 0.447. The van der Waals surface area contributed by atoms with E-state index < -0.39 is 9.84 Å². The molecule has 7 nitrogen and oxygen atoms in total. The summed E-state index contributed by atoms with van der Waals surface area (Å²) in [5, 5.41) is 3.27. The summed E-state index contributed by atoms with van der Waals surface area (Å²) in [5.41, 5.74) is 0. The summed E-state index contributed by atoms with van der Waals surface area (Å²) in [5.74, 6) is 1.16. The zero-order valence-electron chi connectivity index (χ0n) is 14.0. The van der Waals surface area contributed by atoms with Gasteiger partial charge in [0.05, 0.1) is 24.0 Å². The Kier molecular flexibility index (Phi) is 6.26. The number of nitrogens with zero attached hydrogens (tertiary/aromatic N) is 2. The van der Waals surface area contributed by atoms with E-state index in [-0.39, 0.29) is 29.3 Å². The van der Waals surface area contributed by atoms with E-state index in [0.717, 1.165) is 25.3 Å². The second-order valence-corrected chi connectivity index (χ2v) is 8.46. The predicted molar refractivity (Wildman–Crippen MR) is 89.1 cm³/mol. The van der Waals surface area contributed by atoms with E-state index in [1.165, 1.54) is 0 Å². The van der Waals surface area contributed by atoms with Crippen molar-refractivity contribution in [2.24, 2.45) is 16.8 Å². The molecule has 2 aliphatic rings. The highest BCUT2D eigenvalue weighted by molar-refractivity contribution is 7.91.